The average molecular weight is 231 g/mol. The normalized spacial score (nSPS) is 17.9. The van der Waals surface area contributed by atoms with Crippen LogP contribution in [-0.4, -0.2) is 9.97 Å². The summed E-state index contributed by atoms with van der Waals surface area (Å²) in [7, 11) is 0. The number of rotatable bonds is 1. The average Bonchev–Trinajstić information content (AvgIpc) is 2.69. The Bertz CT molecular complexity index is 383. The molecule has 6 heteroatoms. The van der Waals surface area contributed by atoms with Gasteiger partial charge < -0.3 is 5.73 Å². The third-order valence-corrected chi connectivity index (χ3v) is 2.90. The van der Waals surface area contributed by atoms with E-state index in [1.807, 2.05) is 0 Å². The Morgan fingerprint density at radius 3 is 2.38 bits per heavy atom. The van der Waals surface area contributed by atoms with Crippen molar-refractivity contribution in [1.29, 1.82) is 0 Å². The lowest BCUT2D eigenvalue weighted by molar-refractivity contribution is -0.144. The molecule has 1 aliphatic carbocycles. The van der Waals surface area contributed by atoms with E-state index in [1.54, 1.807) is 0 Å². The Morgan fingerprint density at radius 1 is 1.25 bits per heavy atom. The first-order chi connectivity index (χ1) is 7.48. The van der Waals surface area contributed by atoms with E-state index in [2.05, 4.69) is 9.97 Å². The molecule has 3 nitrogen and oxygen atoms in total. The van der Waals surface area contributed by atoms with Crippen molar-refractivity contribution in [3.8, 4) is 0 Å². The molecule has 0 amide bonds. The second-order valence-electron chi connectivity index (χ2n) is 4.01. The summed E-state index contributed by atoms with van der Waals surface area (Å²) < 4.78 is 36.9. The quantitative estimate of drug-likeness (QED) is 0.808. The number of hydrogen-bond acceptors (Lipinski definition) is 3. The van der Waals surface area contributed by atoms with Gasteiger partial charge in [0.1, 0.15) is 5.82 Å². The molecule has 16 heavy (non-hydrogen) atoms. The minimum absolute atomic E-state index is 0.0331. The Kier molecular flexibility index (Phi) is 2.73. The molecule has 0 radical (unpaired) electrons. The highest BCUT2D eigenvalue weighted by Gasteiger charge is 2.35. The van der Waals surface area contributed by atoms with E-state index < -0.39 is 12.0 Å². The van der Waals surface area contributed by atoms with E-state index in [0.717, 1.165) is 25.7 Å². The first kappa shape index (κ1) is 11.2. The van der Waals surface area contributed by atoms with Gasteiger partial charge >= 0.3 is 6.18 Å². The second kappa shape index (κ2) is 3.92. The summed E-state index contributed by atoms with van der Waals surface area (Å²) in [5, 5.41) is 0. The summed E-state index contributed by atoms with van der Waals surface area (Å²) >= 11 is 0. The number of anilines is 1. The molecular weight excluding hydrogens is 219 g/mol. The van der Waals surface area contributed by atoms with Gasteiger partial charge in [0.2, 0.25) is 5.82 Å². The predicted molar refractivity (Wildman–Crippen MR) is 52.7 cm³/mol. The summed E-state index contributed by atoms with van der Waals surface area (Å²) in [6.07, 6.45) is 0.789. The SMILES string of the molecule is Nc1nc(C(F)(F)F)ncc1C1CCCC1. The van der Waals surface area contributed by atoms with Gasteiger partial charge in [0.05, 0.1) is 0 Å². The molecule has 0 unspecified atom stereocenters. The van der Waals surface area contributed by atoms with Crippen molar-refractivity contribution in [2.75, 3.05) is 5.73 Å². The van der Waals surface area contributed by atoms with Crippen molar-refractivity contribution in [3.63, 3.8) is 0 Å². The van der Waals surface area contributed by atoms with Gasteiger partial charge in [0.25, 0.3) is 0 Å². The van der Waals surface area contributed by atoms with Gasteiger partial charge in [-0.15, -0.1) is 0 Å². The summed E-state index contributed by atoms with van der Waals surface area (Å²) in [5.41, 5.74) is 6.20. The molecule has 0 saturated heterocycles. The zero-order valence-corrected chi connectivity index (χ0v) is 8.59. The molecule has 2 N–H and O–H groups in total. The molecule has 0 atom stereocenters. The van der Waals surface area contributed by atoms with Crippen LogP contribution < -0.4 is 5.73 Å². The Labute approximate surface area is 90.9 Å². The minimum atomic E-state index is -4.53. The Morgan fingerprint density at radius 2 is 1.88 bits per heavy atom. The van der Waals surface area contributed by atoms with Crippen molar-refractivity contribution >= 4 is 5.82 Å². The van der Waals surface area contributed by atoms with Gasteiger partial charge in [-0.05, 0) is 18.8 Å². The van der Waals surface area contributed by atoms with E-state index in [-0.39, 0.29) is 11.7 Å². The van der Waals surface area contributed by atoms with E-state index in [0.29, 0.717) is 5.56 Å². The lowest BCUT2D eigenvalue weighted by atomic mass is 10.00. The molecule has 88 valence electrons. The van der Waals surface area contributed by atoms with E-state index >= 15 is 0 Å². The van der Waals surface area contributed by atoms with Crippen LogP contribution in [0.25, 0.3) is 0 Å². The van der Waals surface area contributed by atoms with Gasteiger partial charge in [0.15, 0.2) is 0 Å². The fourth-order valence-electron chi connectivity index (χ4n) is 2.09. The van der Waals surface area contributed by atoms with Crippen molar-refractivity contribution in [1.82, 2.24) is 9.97 Å². The highest BCUT2D eigenvalue weighted by Crippen LogP contribution is 2.36. The molecule has 1 heterocycles. The van der Waals surface area contributed by atoms with Gasteiger partial charge in [-0.3, -0.25) is 0 Å². The Hall–Kier alpha value is -1.33. The molecule has 0 spiro atoms. The van der Waals surface area contributed by atoms with Gasteiger partial charge in [0, 0.05) is 11.8 Å². The second-order valence-corrected chi connectivity index (χ2v) is 4.01. The number of hydrogen-bond donors (Lipinski definition) is 1. The van der Waals surface area contributed by atoms with Crippen LogP contribution in [0.1, 0.15) is 43.0 Å². The highest BCUT2D eigenvalue weighted by molar-refractivity contribution is 5.40. The topological polar surface area (TPSA) is 51.8 Å². The zero-order chi connectivity index (χ0) is 11.8. The maximum Gasteiger partial charge on any atom is 0.451 e. The molecule has 1 aromatic heterocycles. The standard InChI is InChI=1S/C10H12F3N3/c11-10(12,13)9-15-5-7(8(14)16-9)6-3-1-2-4-6/h5-6H,1-4H2,(H2,14,15,16). The lowest BCUT2D eigenvalue weighted by Gasteiger charge is -2.13. The molecular formula is C10H12F3N3. The van der Waals surface area contributed by atoms with Crippen LogP contribution in [0.5, 0.6) is 0 Å². The maximum atomic E-state index is 12.3. The summed E-state index contributed by atoms with van der Waals surface area (Å²) in [4.78, 5) is 6.67. The molecule has 1 aromatic rings. The fourth-order valence-corrected chi connectivity index (χ4v) is 2.09. The molecule has 0 bridgehead atoms. The van der Waals surface area contributed by atoms with Crippen molar-refractivity contribution in [3.05, 3.63) is 17.6 Å². The van der Waals surface area contributed by atoms with Gasteiger partial charge in [-0.25, -0.2) is 9.97 Å². The number of nitrogens with two attached hydrogens (primary N) is 1. The number of alkyl halides is 3. The van der Waals surface area contributed by atoms with Crippen molar-refractivity contribution in [2.45, 2.75) is 37.8 Å². The number of aromatic nitrogens is 2. The fraction of sp³-hybridized carbons (Fsp3) is 0.600. The molecule has 1 aliphatic rings. The lowest BCUT2D eigenvalue weighted by Crippen LogP contribution is -2.14. The molecule has 0 aromatic carbocycles. The summed E-state index contributed by atoms with van der Waals surface area (Å²) in [6.45, 7) is 0. The van der Waals surface area contributed by atoms with Crippen molar-refractivity contribution in [2.24, 2.45) is 0 Å². The largest absolute Gasteiger partial charge is 0.451 e. The van der Waals surface area contributed by atoms with E-state index in [4.69, 9.17) is 5.73 Å². The van der Waals surface area contributed by atoms with Gasteiger partial charge in [-0.2, -0.15) is 13.2 Å². The molecule has 2 rings (SSSR count). The third kappa shape index (κ3) is 2.10. The minimum Gasteiger partial charge on any atom is -0.383 e. The van der Waals surface area contributed by atoms with Crippen LogP contribution in [0.3, 0.4) is 0 Å². The number of nitrogens with zero attached hydrogens (tertiary/aromatic N) is 2. The Balaban J connectivity index is 2.29. The van der Waals surface area contributed by atoms with Crippen molar-refractivity contribution < 1.29 is 13.2 Å². The van der Waals surface area contributed by atoms with Crippen LogP contribution in [0.2, 0.25) is 0 Å². The summed E-state index contributed by atoms with van der Waals surface area (Å²) in [5.74, 6) is -0.969. The van der Waals surface area contributed by atoms with Crippen LogP contribution in [0.15, 0.2) is 6.20 Å². The monoisotopic (exact) mass is 231 g/mol. The smallest absolute Gasteiger partial charge is 0.383 e. The van der Waals surface area contributed by atoms with E-state index in [9.17, 15) is 13.2 Å². The maximum absolute atomic E-state index is 12.3. The predicted octanol–water partition coefficient (Wildman–Crippen LogP) is 2.74. The van der Waals surface area contributed by atoms with E-state index in [1.165, 1.54) is 6.20 Å². The summed E-state index contributed by atoms with van der Waals surface area (Å²) in [6, 6.07) is 0. The first-order valence-electron chi connectivity index (χ1n) is 5.18. The first-order valence-corrected chi connectivity index (χ1v) is 5.18. The number of nitrogen functional groups attached to an aromatic ring is 1. The van der Waals surface area contributed by atoms with Crippen LogP contribution in [-0.2, 0) is 6.18 Å². The van der Waals surface area contributed by atoms with Crippen LogP contribution in [0, 0.1) is 0 Å². The molecule has 0 aliphatic heterocycles. The highest BCUT2D eigenvalue weighted by atomic mass is 19.4. The molecule has 1 fully saturated rings. The number of halogens is 3. The van der Waals surface area contributed by atoms with Crippen LogP contribution in [0.4, 0.5) is 19.0 Å². The third-order valence-electron chi connectivity index (χ3n) is 2.90. The molecule has 1 saturated carbocycles. The zero-order valence-electron chi connectivity index (χ0n) is 8.59. The van der Waals surface area contributed by atoms with Gasteiger partial charge in [-0.1, -0.05) is 12.8 Å². The van der Waals surface area contributed by atoms with Crippen LogP contribution >= 0.6 is 0 Å².